The van der Waals surface area contributed by atoms with Crippen LogP contribution in [-0.2, 0) is 14.8 Å². The van der Waals surface area contributed by atoms with Gasteiger partial charge in [0.2, 0.25) is 15.9 Å². The number of hydrogen-bond acceptors (Lipinski definition) is 7. The van der Waals surface area contributed by atoms with Gasteiger partial charge >= 0.3 is 0 Å². The van der Waals surface area contributed by atoms with Gasteiger partial charge in [-0.1, -0.05) is 18.2 Å². The number of ether oxygens (including phenoxy) is 2. The van der Waals surface area contributed by atoms with Gasteiger partial charge in [-0.25, -0.2) is 8.42 Å². The number of nitrogens with zero attached hydrogens (tertiary/aromatic N) is 2. The first-order valence-corrected chi connectivity index (χ1v) is 12.1. The maximum absolute atomic E-state index is 13.1. The number of hydrogen-bond donors (Lipinski definition) is 1. The molecule has 2 aliphatic heterocycles. The molecule has 0 unspecified atom stereocenters. The lowest BCUT2D eigenvalue weighted by Crippen LogP contribution is -2.46. The van der Waals surface area contributed by atoms with Crippen molar-refractivity contribution in [1.82, 2.24) is 9.62 Å². The standard InChI is InChI=1S/C22H25N3O7S/c1-15-6-7-17(25(27)28)12-21(15)33(29,30)24-10-8-16(9-11-24)22(26)23-13-18-14-31-19-4-2-3-5-20(19)32-18/h2-7,12,16,18H,8-11,13-14H2,1H3,(H,23,26)/t18-/m1/s1. The van der Waals surface area contributed by atoms with Gasteiger partial charge in [-0.2, -0.15) is 4.31 Å². The minimum atomic E-state index is -3.90. The lowest BCUT2D eigenvalue weighted by Gasteiger charge is -2.31. The Labute approximate surface area is 191 Å². The van der Waals surface area contributed by atoms with Crippen LogP contribution in [0.25, 0.3) is 0 Å². The molecule has 11 heteroatoms. The number of carbonyl (C=O) groups excluding carboxylic acids is 1. The van der Waals surface area contributed by atoms with Crippen LogP contribution >= 0.6 is 0 Å². The third-order valence-electron chi connectivity index (χ3n) is 5.90. The normalized spacial score (nSPS) is 19.1. The molecule has 176 valence electrons. The fourth-order valence-corrected chi connectivity index (χ4v) is 5.71. The monoisotopic (exact) mass is 475 g/mol. The van der Waals surface area contributed by atoms with Crippen molar-refractivity contribution in [3.05, 3.63) is 58.1 Å². The van der Waals surface area contributed by atoms with Gasteiger partial charge < -0.3 is 14.8 Å². The van der Waals surface area contributed by atoms with Crippen molar-refractivity contribution in [2.24, 2.45) is 5.92 Å². The van der Waals surface area contributed by atoms with Crippen LogP contribution in [-0.4, -0.2) is 55.9 Å². The lowest BCUT2D eigenvalue weighted by atomic mass is 9.97. The molecular formula is C22H25N3O7S. The number of sulfonamides is 1. The second-order valence-corrected chi connectivity index (χ2v) is 10.0. The molecule has 2 heterocycles. The van der Waals surface area contributed by atoms with Crippen molar-refractivity contribution < 1.29 is 27.6 Å². The molecule has 0 saturated carbocycles. The molecule has 0 radical (unpaired) electrons. The number of benzene rings is 2. The molecule has 1 N–H and O–H groups in total. The molecule has 0 aliphatic carbocycles. The third kappa shape index (κ3) is 4.93. The predicted molar refractivity (Wildman–Crippen MR) is 119 cm³/mol. The van der Waals surface area contributed by atoms with E-state index in [2.05, 4.69) is 5.32 Å². The zero-order chi connectivity index (χ0) is 23.6. The van der Waals surface area contributed by atoms with Crippen LogP contribution in [0.2, 0.25) is 0 Å². The van der Waals surface area contributed by atoms with E-state index < -0.39 is 14.9 Å². The molecule has 0 spiro atoms. The van der Waals surface area contributed by atoms with E-state index in [-0.39, 0.29) is 41.6 Å². The summed E-state index contributed by atoms with van der Waals surface area (Å²) in [5.74, 6) is 0.839. The number of rotatable bonds is 6. The van der Waals surface area contributed by atoms with Crippen LogP contribution in [0.15, 0.2) is 47.4 Å². The Balaban J connectivity index is 1.32. The van der Waals surface area contributed by atoms with Gasteiger partial charge in [0.15, 0.2) is 11.5 Å². The minimum Gasteiger partial charge on any atom is -0.486 e. The highest BCUT2D eigenvalue weighted by molar-refractivity contribution is 7.89. The highest BCUT2D eigenvalue weighted by atomic mass is 32.2. The molecule has 2 aromatic rings. The van der Waals surface area contributed by atoms with Gasteiger partial charge in [0.1, 0.15) is 12.7 Å². The largest absolute Gasteiger partial charge is 0.486 e. The number of amides is 1. The summed E-state index contributed by atoms with van der Waals surface area (Å²) in [6.45, 7) is 2.55. The Morgan fingerprint density at radius 1 is 1.18 bits per heavy atom. The Bertz CT molecular complexity index is 1160. The molecule has 1 fully saturated rings. The van der Waals surface area contributed by atoms with Crippen LogP contribution in [0.4, 0.5) is 5.69 Å². The van der Waals surface area contributed by atoms with Crippen LogP contribution in [0.3, 0.4) is 0 Å². The van der Waals surface area contributed by atoms with Gasteiger partial charge in [-0.3, -0.25) is 14.9 Å². The molecule has 0 aromatic heterocycles. The molecule has 2 aromatic carbocycles. The Morgan fingerprint density at radius 2 is 1.88 bits per heavy atom. The van der Waals surface area contributed by atoms with Crippen molar-refractivity contribution in [2.75, 3.05) is 26.2 Å². The van der Waals surface area contributed by atoms with E-state index in [1.807, 2.05) is 24.3 Å². The van der Waals surface area contributed by atoms with Crippen molar-refractivity contribution >= 4 is 21.6 Å². The maximum atomic E-state index is 13.1. The topological polar surface area (TPSA) is 128 Å². The number of nitro benzene ring substituents is 1. The summed E-state index contributed by atoms with van der Waals surface area (Å²) in [5, 5.41) is 13.9. The number of non-ortho nitro benzene ring substituents is 1. The fourth-order valence-electron chi connectivity index (χ4n) is 4.00. The summed E-state index contributed by atoms with van der Waals surface area (Å²) in [5.41, 5.74) is 0.168. The Kier molecular flexibility index (Phi) is 6.52. The molecule has 10 nitrogen and oxygen atoms in total. The number of nitro groups is 1. The number of piperidine rings is 1. The molecule has 0 bridgehead atoms. The summed E-state index contributed by atoms with van der Waals surface area (Å²) in [4.78, 5) is 23.0. The van der Waals surface area contributed by atoms with Crippen molar-refractivity contribution in [1.29, 1.82) is 0 Å². The highest BCUT2D eigenvalue weighted by Gasteiger charge is 2.34. The second-order valence-electron chi connectivity index (χ2n) is 8.13. The van der Waals surface area contributed by atoms with E-state index in [0.717, 1.165) is 6.07 Å². The average molecular weight is 476 g/mol. The number of carbonyl (C=O) groups is 1. The first kappa shape index (κ1) is 23.0. The van der Waals surface area contributed by atoms with Crippen LogP contribution < -0.4 is 14.8 Å². The van der Waals surface area contributed by atoms with E-state index in [4.69, 9.17) is 9.47 Å². The SMILES string of the molecule is Cc1ccc([N+](=O)[O-])cc1S(=O)(=O)N1CCC(C(=O)NC[C@@H]2COc3ccccc3O2)CC1. The predicted octanol–water partition coefficient (Wildman–Crippen LogP) is 2.26. The Hall–Kier alpha value is -3.18. The number of aryl methyl sites for hydroxylation is 1. The quantitative estimate of drug-likeness (QED) is 0.501. The van der Waals surface area contributed by atoms with Crippen molar-refractivity contribution in [3.8, 4) is 11.5 Å². The summed E-state index contributed by atoms with van der Waals surface area (Å²) in [6, 6.07) is 11.1. The average Bonchev–Trinajstić information content (AvgIpc) is 2.82. The van der Waals surface area contributed by atoms with Gasteiger partial charge in [0.05, 0.1) is 16.4 Å². The zero-order valence-electron chi connectivity index (χ0n) is 18.1. The van der Waals surface area contributed by atoms with E-state index in [0.29, 0.717) is 43.1 Å². The first-order chi connectivity index (χ1) is 15.8. The van der Waals surface area contributed by atoms with Gasteiger partial charge in [-0.05, 0) is 37.5 Å². The second kappa shape index (κ2) is 9.36. The molecule has 1 atom stereocenters. The van der Waals surface area contributed by atoms with Gasteiger partial charge in [0, 0.05) is 31.1 Å². The van der Waals surface area contributed by atoms with E-state index in [1.54, 1.807) is 6.92 Å². The smallest absolute Gasteiger partial charge is 0.270 e. The van der Waals surface area contributed by atoms with Crippen LogP contribution in [0, 0.1) is 23.0 Å². The number of fused-ring (bicyclic) bond motifs is 1. The summed E-state index contributed by atoms with van der Waals surface area (Å²) < 4.78 is 38.9. The summed E-state index contributed by atoms with van der Waals surface area (Å²) in [7, 11) is -3.90. The van der Waals surface area contributed by atoms with E-state index in [9.17, 15) is 23.3 Å². The van der Waals surface area contributed by atoms with Gasteiger partial charge in [-0.15, -0.1) is 0 Å². The van der Waals surface area contributed by atoms with Gasteiger partial charge in [0.25, 0.3) is 5.69 Å². The van der Waals surface area contributed by atoms with Crippen molar-refractivity contribution in [3.63, 3.8) is 0 Å². The maximum Gasteiger partial charge on any atom is 0.270 e. The molecule has 33 heavy (non-hydrogen) atoms. The summed E-state index contributed by atoms with van der Waals surface area (Å²) in [6.07, 6.45) is 0.425. The third-order valence-corrected chi connectivity index (χ3v) is 7.94. The zero-order valence-corrected chi connectivity index (χ0v) is 18.9. The highest BCUT2D eigenvalue weighted by Crippen LogP contribution is 2.31. The minimum absolute atomic E-state index is 0.0747. The molecular weight excluding hydrogens is 450 g/mol. The summed E-state index contributed by atoms with van der Waals surface area (Å²) >= 11 is 0. The first-order valence-electron chi connectivity index (χ1n) is 10.7. The van der Waals surface area contributed by atoms with E-state index >= 15 is 0 Å². The van der Waals surface area contributed by atoms with E-state index in [1.165, 1.54) is 16.4 Å². The molecule has 4 rings (SSSR count). The Morgan fingerprint density at radius 3 is 2.58 bits per heavy atom. The fraction of sp³-hybridized carbons (Fsp3) is 0.409. The number of nitrogens with one attached hydrogen (secondary N) is 1. The van der Waals surface area contributed by atoms with Crippen molar-refractivity contribution in [2.45, 2.75) is 30.8 Å². The lowest BCUT2D eigenvalue weighted by molar-refractivity contribution is -0.385. The number of para-hydroxylation sites is 2. The molecule has 1 amide bonds. The van der Waals surface area contributed by atoms with Crippen LogP contribution in [0.5, 0.6) is 11.5 Å². The van der Waals surface area contributed by atoms with Crippen LogP contribution in [0.1, 0.15) is 18.4 Å². The molecule has 2 aliphatic rings. The molecule has 1 saturated heterocycles.